The van der Waals surface area contributed by atoms with E-state index in [1.165, 1.54) is 17.5 Å². The molecule has 0 aromatic heterocycles. The molecule has 0 heterocycles. The van der Waals surface area contributed by atoms with Crippen LogP contribution < -0.4 is 0 Å². The zero-order valence-corrected chi connectivity index (χ0v) is 7.56. The maximum Gasteiger partial charge on any atom is 0.0528 e. The van der Waals surface area contributed by atoms with Crippen molar-refractivity contribution in [3.63, 3.8) is 0 Å². The number of nitrogens with zero attached hydrogens (tertiary/aromatic N) is 1. The summed E-state index contributed by atoms with van der Waals surface area (Å²) in [6.45, 7) is 2.02. The van der Waals surface area contributed by atoms with Crippen LogP contribution in [0.4, 0.5) is 0 Å². The van der Waals surface area contributed by atoms with Crippen molar-refractivity contribution < 1.29 is 0 Å². The third-order valence-electron chi connectivity index (χ3n) is 1.42. The molecule has 0 saturated carbocycles. The second kappa shape index (κ2) is 4.19. The Morgan fingerprint density at radius 1 is 1.27 bits per heavy atom. The average Bonchev–Trinajstić information content (AvgIpc) is 2.07. The average molecular weight is 165 g/mol. The van der Waals surface area contributed by atoms with Gasteiger partial charge in [-0.05, 0) is 24.4 Å². The summed E-state index contributed by atoms with van der Waals surface area (Å²) in [5.74, 6) is 0. The zero-order chi connectivity index (χ0) is 8.10. The first kappa shape index (κ1) is 8.34. The van der Waals surface area contributed by atoms with Crippen LogP contribution in [0.1, 0.15) is 12.5 Å². The largest absolute Gasteiger partial charge is 0.221 e. The van der Waals surface area contributed by atoms with Crippen molar-refractivity contribution in [1.29, 1.82) is 0 Å². The van der Waals surface area contributed by atoms with E-state index in [4.69, 9.17) is 0 Å². The lowest BCUT2D eigenvalue weighted by Gasteiger charge is -1.96. The van der Waals surface area contributed by atoms with Gasteiger partial charge in [0.25, 0.3) is 0 Å². The molecule has 0 aliphatic heterocycles. The summed E-state index contributed by atoms with van der Waals surface area (Å²) < 4.78 is 4.23. The van der Waals surface area contributed by atoms with Gasteiger partial charge in [0.15, 0.2) is 0 Å². The van der Waals surface area contributed by atoms with E-state index in [-0.39, 0.29) is 0 Å². The van der Waals surface area contributed by atoms with Gasteiger partial charge in [0.05, 0.1) is 5.71 Å². The Hall–Kier alpha value is -0.760. The van der Waals surface area contributed by atoms with Crippen molar-refractivity contribution >= 4 is 17.7 Å². The van der Waals surface area contributed by atoms with Gasteiger partial charge in [-0.2, -0.15) is 0 Å². The van der Waals surface area contributed by atoms with Gasteiger partial charge in [-0.15, -0.1) is 0 Å². The lowest BCUT2D eigenvalue weighted by atomic mass is 10.1. The van der Waals surface area contributed by atoms with Crippen molar-refractivity contribution in [2.75, 3.05) is 6.26 Å². The van der Waals surface area contributed by atoms with Gasteiger partial charge in [-0.1, -0.05) is 30.3 Å². The number of hydrogen-bond acceptors (Lipinski definition) is 2. The van der Waals surface area contributed by atoms with Crippen LogP contribution in [0.15, 0.2) is 34.7 Å². The number of benzene rings is 1. The minimum atomic E-state index is 1.08. The molecular weight excluding hydrogens is 154 g/mol. The molecule has 0 bridgehead atoms. The Kier molecular flexibility index (Phi) is 3.17. The van der Waals surface area contributed by atoms with Crippen molar-refractivity contribution in [1.82, 2.24) is 0 Å². The van der Waals surface area contributed by atoms with Crippen LogP contribution in [0.2, 0.25) is 0 Å². The normalized spacial score (nSPS) is 11.6. The molecule has 2 heteroatoms. The van der Waals surface area contributed by atoms with Crippen LogP contribution >= 0.6 is 11.9 Å². The van der Waals surface area contributed by atoms with E-state index in [2.05, 4.69) is 16.5 Å². The lowest BCUT2D eigenvalue weighted by molar-refractivity contribution is 1.60. The van der Waals surface area contributed by atoms with Crippen LogP contribution in [0.5, 0.6) is 0 Å². The summed E-state index contributed by atoms with van der Waals surface area (Å²) in [6, 6.07) is 10.2. The predicted octanol–water partition coefficient (Wildman–Crippen LogP) is 2.77. The Morgan fingerprint density at radius 2 is 1.91 bits per heavy atom. The Bertz CT molecular complexity index is 241. The molecule has 1 rings (SSSR count). The third kappa shape index (κ3) is 2.39. The molecule has 0 aliphatic rings. The minimum Gasteiger partial charge on any atom is -0.221 e. The van der Waals surface area contributed by atoms with Gasteiger partial charge in [0.1, 0.15) is 0 Å². The van der Waals surface area contributed by atoms with Gasteiger partial charge >= 0.3 is 0 Å². The Balaban J connectivity index is 2.85. The topological polar surface area (TPSA) is 12.4 Å². The second-order valence-electron chi connectivity index (χ2n) is 2.23. The molecule has 58 valence electrons. The molecule has 0 atom stereocenters. The van der Waals surface area contributed by atoms with E-state index in [1.54, 1.807) is 0 Å². The Labute approximate surface area is 71.7 Å². The molecule has 0 fully saturated rings. The van der Waals surface area contributed by atoms with Gasteiger partial charge < -0.3 is 0 Å². The number of rotatable bonds is 2. The van der Waals surface area contributed by atoms with E-state index in [1.807, 2.05) is 31.4 Å². The summed E-state index contributed by atoms with van der Waals surface area (Å²) in [5, 5.41) is 0. The fraction of sp³-hybridized carbons (Fsp3) is 0.222. The van der Waals surface area contributed by atoms with E-state index in [9.17, 15) is 0 Å². The van der Waals surface area contributed by atoms with E-state index in [0.717, 1.165) is 5.71 Å². The van der Waals surface area contributed by atoms with Gasteiger partial charge in [-0.25, -0.2) is 4.40 Å². The van der Waals surface area contributed by atoms with Crippen LogP contribution in [-0.4, -0.2) is 12.0 Å². The summed E-state index contributed by atoms with van der Waals surface area (Å²) in [6.07, 6.45) is 1.96. The van der Waals surface area contributed by atoms with Crippen molar-refractivity contribution in [3.05, 3.63) is 35.9 Å². The maximum atomic E-state index is 4.23. The van der Waals surface area contributed by atoms with Gasteiger partial charge in [0, 0.05) is 6.26 Å². The first-order chi connectivity index (χ1) is 5.34. The standard InChI is InChI=1S/C9H11NS/c1-8(10-11-2)9-6-4-3-5-7-9/h3-7H,1-2H3. The second-order valence-corrected chi connectivity index (χ2v) is 2.77. The zero-order valence-electron chi connectivity index (χ0n) is 6.74. The Morgan fingerprint density at radius 3 is 2.45 bits per heavy atom. The molecule has 0 saturated heterocycles. The molecule has 0 amide bonds. The van der Waals surface area contributed by atoms with Crippen LogP contribution in [-0.2, 0) is 0 Å². The summed E-state index contributed by atoms with van der Waals surface area (Å²) in [5.41, 5.74) is 2.28. The molecule has 1 nitrogen and oxygen atoms in total. The van der Waals surface area contributed by atoms with Crippen molar-refractivity contribution in [3.8, 4) is 0 Å². The van der Waals surface area contributed by atoms with E-state index >= 15 is 0 Å². The molecule has 1 aromatic carbocycles. The van der Waals surface area contributed by atoms with Gasteiger partial charge in [0.2, 0.25) is 0 Å². The first-order valence-electron chi connectivity index (χ1n) is 3.48. The quantitative estimate of drug-likeness (QED) is 0.485. The summed E-state index contributed by atoms with van der Waals surface area (Å²) in [4.78, 5) is 0. The molecule has 0 N–H and O–H groups in total. The highest BCUT2D eigenvalue weighted by Crippen LogP contribution is 2.04. The summed E-state index contributed by atoms with van der Waals surface area (Å²) in [7, 11) is 0. The molecule has 0 spiro atoms. The van der Waals surface area contributed by atoms with Crippen LogP contribution in [0, 0.1) is 0 Å². The third-order valence-corrected chi connectivity index (χ3v) is 1.88. The summed E-state index contributed by atoms with van der Waals surface area (Å²) >= 11 is 1.49. The predicted molar refractivity (Wildman–Crippen MR) is 52.2 cm³/mol. The minimum absolute atomic E-state index is 1.08. The highest BCUT2D eigenvalue weighted by molar-refractivity contribution is 7.97. The fourth-order valence-corrected chi connectivity index (χ4v) is 1.25. The molecule has 0 radical (unpaired) electrons. The SMILES string of the molecule is CSN=C(C)c1ccccc1. The monoisotopic (exact) mass is 165 g/mol. The molecule has 0 aliphatic carbocycles. The smallest absolute Gasteiger partial charge is 0.0528 e. The van der Waals surface area contributed by atoms with Gasteiger partial charge in [-0.3, -0.25) is 0 Å². The van der Waals surface area contributed by atoms with Crippen LogP contribution in [0.3, 0.4) is 0 Å². The molecule has 11 heavy (non-hydrogen) atoms. The number of hydrogen-bond donors (Lipinski definition) is 0. The van der Waals surface area contributed by atoms with E-state index < -0.39 is 0 Å². The van der Waals surface area contributed by atoms with Crippen molar-refractivity contribution in [2.24, 2.45) is 4.40 Å². The highest BCUT2D eigenvalue weighted by atomic mass is 32.2. The van der Waals surface area contributed by atoms with Crippen molar-refractivity contribution in [2.45, 2.75) is 6.92 Å². The van der Waals surface area contributed by atoms with E-state index in [0.29, 0.717) is 0 Å². The lowest BCUT2D eigenvalue weighted by Crippen LogP contribution is -1.91. The first-order valence-corrected chi connectivity index (χ1v) is 4.66. The molecule has 1 aromatic rings. The van der Waals surface area contributed by atoms with Crippen LogP contribution in [0.25, 0.3) is 0 Å². The maximum absolute atomic E-state index is 4.23. The molecule has 0 unspecified atom stereocenters. The molecular formula is C9H11NS. The fourth-order valence-electron chi connectivity index (χ4n) is 0.869. The highest BCUT2D eigenvalue weighted by Gasteiger charge is 1.92.